The number of phenolic OH excluding ortho intramolecular Hbond substituents is 1. The Morgan fingerprint density at radius 3 is 2.66 bits per heavy atom. The number of hydrogen-bond donors (Lipinski definition) is 1. The van der Waals surface area contributed by atoms with Gasteiger partial charge in [-0.05, 0) is 55.7 Å². The Bertz CT molecular complexity index is 1030. The summed E-state index contributed by atoms with van der Waals surface area (Å²) in [4.78, 5) is 10.8. The maximum absolute atomic E-state index is 11.5. The smallest absolute Gasteiger partial charge is 0.450 e. The van der Waals surface area contributed by atoms with Crippen LogP contribution in [0.15, 0.2) is 41.5 Å². The molecule has 0 radical (unpaired) electrons. The molecule has 1 aliphatic rings. The van der Waals surface area contributed by atoms with Gasteiger partial charge in [0.1, 0.15) is 16.9 Å². The molecule has 1 heterocycles. The minimum Gasteiger partial charge on any atom is -0.507 e. The first-order valence-electron chi connectivity index (χ1n) is 9.65. The molecule has 2 aromatic rings. The van der Waals surface area contributed by atoms with E-state index >= 15 is 0 Å². The van der Waals surface area contributed by atoms with Crippen LogP contribution in [0.1, 0.15) is 35.6 Å². The molecule has 0 fully saturated rings. The van der Waals surface area contributed by atoms with E-state index in [1.54, 1.807) is 30.8 Å². The van der Waals surface area contributed by atoms with Crippen molar-refractivity contribution in [2.24, 2.45) is 5.10 Å². The van der Waals surface area contributed by atoms with Gasteiger partial charge in [0.2, 0.25) is 0 Å². The van der Waals surface area contributed by atoms with E-state index in [2.05, 4.69) is 11.2 Å². The number of thioether (sulfide) groups is 1. The number of ether oxygens (including phenoxy) is 1. The Labute approximate surface area is 206 Å². The zero-order valence-corrected chi connectivity index (χ0v) is 20.6. The summed E-state index contributed by atoms with van der Waals surface area (Å²) in [5.41, 5.74) is 4.21. The summed E-state index contributed by atoms with van der Waals surface area (Å²) in [6.45, 7) is 4.23. The van der Waals surface area contributed by atoms with E-state index in [1.165, 1.54) is 6.07 Å². The molecule has 0 spiro atoms. The molecule has 6 nitrogen and oxygen atoms in total. The van der Waals surface area contributed by atoms with E-state index in [0.717, 1.165) is 27.4 Å². The number of carbonyl (C=O) groups is 1. The van der Waals surface area contributed by atoms with Gasteiger partial charge in [0.05, 0.1) is 23.7 Å². The number of hydrogen-bond acceptors (Lipinski definition) is 7. The quantitative estimate of drug-likeness (QED) is 0.399. The van der Waals surface area contributed by atoms with Crippen LogP contribution in [0, 0.1) is 18.3 Å². The van der Waals surface area contributed by atoms with Crippen molar-refractivity contribution in [1.82, 2.24) is 0 Å². The highest BCUT2D eigenvalue weighted by molar-refractivity contribution is 8.14. The Kier molecular flexibility index (Phi) is 10.5. The molecule has 168 valence electrons. The van der Waals surface area contributed by atoms with Crippen LogP contribution in [0.3, 0.4) is 0 Å². The van der Waals surface area contributed by atoms with Gasteiger partial charge < -0.3 is 9.84 Å². The molecule has 0 aromatic heterocycles. The number of benzene rings is 2. The second kappa shape index (κ2) is 12.9. The predicted octanol–water partition coefficient (Wildman–Crippen LogP) is 5.63. The zero-order chi connectivity index (χ0) is 23.7. The van der Waals surface area contributed by atoms with Crippen LogP contribution in [-0.2, 0) is 16.0 Å². The van der Waals surface area contributed by atoms with Gasteiger partial charge in [0.15, 0.2) is 0 Å². The third kappa shape index (κ3) is 7.82. The summed E-state index contributed by atoms with van der Waals surface area (Å²) in [7, 11) is 0. The number of aryl methyl sites for hydroxylation is 2. The molecule has 0 saturated carbocycles. The number of esters is 1. The second-order valence-corrected chi connectivity index (χ2v) is 9.51. The molecule has 11 heteroatoms. The Balaban J connectivity index is 0.000000837. The zero-order valence-electron chi connectivity index (χ0n) is 17.5. The summed E-state index contributed by atoms with van der Waals surface area (Å²) >= 11 is 16.0. The predicted molar refractivity (Wildman–Crippen MR) is 134 cm³/mol. The highest BCUT2D eigenvalue weighted by Gasteiger charge is 2.20. The molecule has 1 aliphatic heterocycles. The standard InChI is InChI=1S/C21H21N3O3S.BCl3/c1-3-27-20(26)9-5-15-4-7-18(14(2)10-15)24-13-28-21(23-24)16-6-8-19(25)17(11-16)12-22;2-1(3)4/h4,6-8,10-11,25H,3,5,9,13H2,1-2H3;. The topological polar surface area (TPSA) is 85.9 Å². The molecule has 1 N–H and O–H groups in total. The van der Waals surface area contributed by atoms with Crippen molar-refractivity contribution in [3.63, 3.8) is 0 Å². The van der Waals surface area contributed by atoms with Crippen molar-refractivity contribution in [2.75, 3.05) is 17.5 Å². The molecule has 0 bridgehead atoms. The molecule has 3 rings (SSSR count). The lowest BCUT2D eigenvalue weighted by Gasteiger charge is -2.16. The number of nitrogens with zero attached hydrogens (tertiary/aromatic N) is 3. The summed E-state index contributed by atoms with van der Waals surface area (Å²) < 4.78 is 4.97. The van der Waals surface area contributed by atoms with Crippen molar-refractivity contribution in [2.45, 2.75) is 26.7 Å². The van der Waals surface area contributed by atoms with Crippen molar-refractivity contribution in [1.29, 1.82) is 5.26 Å². The highest BCUT2D eigenvalue weighted by Crippen LogP contribution is 2.31. The van der Waals surface area contributed by atoms with Crippen LogP contribution in [0.25, 0.3) is 0 Å². The monoisotopic (exact) mass is 511 g/mol. The van der Waals surface area contributed by atoms with E-state index in [4.69, 9.17) is 44.4 Å². The first-order chi connectivity index (χ1) is 15.2. The Morgan fingerprint density at radius 1 is 1.31 bits per heavy atom. The molecule has 32 heavy (non-hydrogen) atoms. The maximum Gasteiger partial charge on any atom is 0.450 e. The van der Waals surface area contributed by atoms with E-state index in [-0.39, 0.29) is 17.3 Å². The first-order valence-corrected chi connectivity index (χ1v) is 11.9. The molecule has 0 amide bonds. The van der Waals surface area contributed by atoms with Gasteiger partial charge in [-0.25, -0.2) is 0 Å². The fraction of sp³-hybridized carbons (Fsp3) is 0.286. The van der Waals surface area contributed by atoms with Crippen LogP contribution >= 0.6 is 46.1 Å². The van der Waals surface area contributed by atoms with Gasteiger partial charge in [-0.1, -0.05) is 23.9 Å². The SMILES string of the molecule is CCOC(=O)CCc1ccc(N2CSC(c3ccc(O)c(C#N)c3)=N2)c(C)c1.ClB(Cl)Cl. The number of hydrazone groups is 1. The van der Waals surface area contributed by atoms with Crippen molar-refractivity contribution in [3.05, 3.63) is 58.7 Å². The fourth-order valence-electron chi connectivity index (χ4n) is 2.95. The van der Waals surface area contributed by atoms with Crippen molar-refractivity contribution >= 4 is 67.8 Å². The summed E-state index contributed by atoms with van der Waals surface area (Å²) in [6, 6.07) is 13.0. The molecule has 0 saturated heterocycles. The number of carbonyl (C=O) groups excluding carboxylic acids is 1. The van der Waals surface area contributed by atoms with Gasteiger partial charge in [0.25, 0.3) is 0 Å². The summed E-state index contributed by atoms with van der Waals surface area (Å²) in [6.07, 6.45) is 1.02. The van der Waals surface area contributed by atoms with Crippen molar-refractivity contribution < 1.29 is 14.6 Å². The van der Waals surface area contributed by atoms with Gasteiger partial charge in [-0.15, -0.1) is 0 Å². The number of rotatable bonds is 6. The van der Waals surface area contributed by atoms with Crippen LogP contribution in [0.5, 0.6) is 5.75 Å². The van der Waals surface area contributed by atoms with Crippen LogP contribution in [0.4, 0.5) is 5.69 Å². The average Bonchev–Trinajstić information content (AvgIpc) is 3.22. The van der Waals surface area contributed by atoms with E-state index < -0.39 is 4.96 Å². The minimum absolute atomic E-state index is 0.0269. The number of aromatic hydroxyl groups is 1. The molecular formula is C21H21BCl3N3O3S. The Morgan fingerprint density at radius 2 is 2.03 bits per heavy atom. The summed E-state index contributed by atoms with van der Waals surface area (Å²) in [5.74, 6) is 0.460. The molecule has 0 unspecified atom stereocenters. The lowest BCUT2D eigenvalue weighted by atomic mass is 10.1. The van der Waals surface area contributed by atoms with Gasteiger partial charge in [-0.3, -0.25) is 9.80 Å². The molecule has 0 aliphatic carbocycles. The number of halogens is 3. The highest BCUT2D eigenvalue weighted by atomic mass is 35.6. The van der Waals surface area contributed by atoms with E-state index in [1.807, 2.05) is 30.1 Å². The average molecular weight is 513 g/mol. The van der Waals surface area contributed by atoms with Crippen LogP contribution in [0.2, 0.25) is 0 Å². The lowest BCUT2D eigenvalue weighted by molar-refractivity contribution is -0.143. The first kappa shape index (κ1) is 26.2. The summed E-state index contributed by atoms with van der Waals surface area (Å²) in [5, 5.41) is 26.2. The molecule has 2 aromatic carbocycles. The third-order valence-electron chi connectivity index (χ3n) is 4.36. The molecule has 0 atom stereocenters. The third-order valence-corrected chi connectivity index (χ3v) is 5.33. The van der Waals surface area contributed by atoms with Gasteiger partial charge >= 0.3 is 10.9 Å². The Hall–Kier alpha value is -2.05. The van der Waals surface area contributed by atoms with E-state index in [0.29, 0.717) is 25.3 Å². The van der Waals surface area contributed by atoms with E-state index in [9.17, 15) is 9.90 Å². The number of phenols is 1. The minimum atomic E-state index is -0.750. The maximum atomic E-state index is 11.5. The van der Waals surface area contributed by atoms with Gasteiger partial charge in [-0.2, -0.15) is 44.7 Å². The van der Waals surface area contributed by atoms with Crippen LogP contribution in [-0.4, -0.2) is 33.6 Å². The second-order valence-electron chi connectivity index (χ2n) is 6.60. The van der Waals surface area contributed by atoms with Crippen molar-refractivity contribution in [3.8, 4) is 11.8 Å². The van der Waals surface area contributed by atoms with Gasteiger partial charge in [0, 0.05) is 12.0 Å². The fourth-order valence-corrected chi connectivity index (χ4v) is 3.85. The molecular weight excluding hydrogens is 491 g/mol. The normalized spacial score (nSPS) is 12.4. The number of anilines is 1. The largest absolute Gasteiger partial charge is 0.507 e. The number of nitriles is 1. The van der Waals surface area contributed by atoms with Crippen LogP contribution < -0.4 is 5.01 Å². The lowest BCUT2D eigenvalue weighted by Crippen LogP contribution is -2.12.